The summed E-state index contributed by atoms with van der Waals surface area (Å²) in [4.78, 5) is 22.6. The molecule has 0 atom stereocenters. The molecule has 0 spiro atoms. The average molecular weight is 290 g/mol. The van der Waals surface area contributed by atoms with Gasteiger partial charge in [0.15, 0.2) is 0 Å². The number of carbonyl (C=O) groups excluding carboxylic acids is 1. The second-order valence-corrected chi connectivity index (χ2v) is 5.03. The lowest BCUT2D eigenvalue weighted by Gasteiger charge is -2.18. The number of aliphatic hydroxyl groups is 1. The first-order valence-electron chi connectivity index (χ1n) is 6.93. The Balaban J connectivity index is 1.98. The summed E-state index contributed by atoms with van der Waals surface area (Å²) < 4.78 is 5.24. The fourth-order valence-corrected chi connectivity index (χ4v) is 2.38. The molecule has 5 nitrogen and oxygen atoms in total. The molecule has 0 aliphatic heterocycles. The molecular weight excluding hydrogens is 272 g/mol. The molecule has 0 bridgehead atoms. The van der Waals surface area contributed by atoms with Crippen LogP contribution in [0.2, 0.25) is 0 Å². The van der Waals surface area contributed by atoms with Crippen molar-refractivity contribution < 1.29 is 24.5 Å². The van der Waals surface area contributed by atoms with Crippen LogP contribution < -0.4 is 0 Å². The van der Waals surface area contributed by atoms with Gasteiger partial charge in [0.2, 0.25) is 0 Å². The van der Waals surface area contributed by atoms with Crippen LogP contribution in [0.5, 0.6) is 0 Å². The standard InChI is InChI=1S/C16H18O5/c17-9-13-3-1-2-4-14(13)10-21-16(20)12-7-5-11(6-8-12)15(18)19/h5-8,17H,1-4,9-10H2,(H,18,19). The van der Waals surface area contributed by atoms with Crippen LogP contribution in [0.25, 0.3) is 0 Å². The summed E-state index contributed by atoms with van der Waals surface area (Å²) in [6, 6.07) is 5.62. The van der Waals surface area contributed by atoms with Gasteiger partial charge < -0.3 is 14.9 Å². The van der Waals surface area contributed by atoms with Gasteiger partial charge in [0.1, 0.15) is 6.61 Å². The van der Waals surface area contributed by atoms with Gasteiger partial charge in [0.25, 0.3) is 0 Å². The van der Waals surface area contributed by atoms with Gasteiger partial charge in [-0.1, -0.05) is 0 Å². The predicted octanol–water partition coefficient (Wildman–Crippen LogP) is 2.40. The first kappa shape index (κ1) is 15.3. The van der Waals surface area contributed by atoms with Crippen LogP contribution in [-0.4, -0.2) is 35.4 Å². The maximum absolute atomic E-state index is 11.9. The second-order valence-electron chi connectivity index (χ2n) is 5.03. The lowest BCUT2D eigenvalue weighted by atomic mass is 9.92. The van der Waals surface area contributed by atoms with Crippen molar-refractivity contribution in [3.8, 4) is 0 Å². The van der Waals surface area contributed by atoms with Crippen molar-refractivity contribution in [3.05, 3.63) is 46.5 Å². The molecular formula is C16H18O5. The number of benzene rings is 1. The van der Waals surface area contributed by atoms with E-state index in [2.05, 4.69) is 0 Å². The van der Waals surface area contributed by atoms with Crippen molar-refractivity contribution in [1.82, 2.24) is 0 Å². The molecule has 1 aromatic carbocycles. The lowest BCUT2D eigenvalue weighted by Crippen LogP contribution is -2.13. The fourth-order valence-electron chi connectivity index (χ4n) is 2.38. The van der Waals surface area contributed by atoms with E-state index < -0.39 is 11.9 Å². The van der Waals surface area contributed by atoms with Gasteiger partial charge in [-0.3, -0.25) is 0 Å². The minimum Gasteiger partial charge on any atom is -0.478 e. The fraction of sp³-hybridized carbons (Fsp3) is 0.375. The van der Waals surface area contributed by atoms with E-state index in [0.717, 1.165) is 36.8 Å². The third kappa shape index (κ3) is 3.92. The lowest BCUT2D eigenvalue weighted by molar-refractivity contribution is 0.0532. The van der Waals surface area contributed by atoms with Crippen molar-refractivity contribution in [2.24, 2.45) is 0 Å². The number of hydrogen-bond donors (Lipinski definition) is 2. The summed E-state index contributed by atoms with van der Waals surface area (Å²) >= 11 is 0. The third-order valence-electron chi connectivity index (χ3n) is 3.64. The van der Waals surface area contributed by atoms with E-state index in [0.29, 0.717) is 5.56 Å². The van der Waals surface area contributed by atoms with E-state index in [1.165, 1.54) is 24.3 Å². The molecule has 0 amide bonds. The molecule has 1 aromatic rings. The normalized spacial score (nSPS) is 14.9. The van der Waals surface area contributed by atoms with Crippen molar-refractivity contribution in [2.45, 2.75) is 25.7 Å². The quantitative estimate of drug-likeness (QED) is 0.642. The molecule has 2 N–H and O–H groups in total. The zero-order valence-corrected chi connectivity index (χ0v) is 11.7. The molecule has 0 unspecified atom stereocenters. The Morgan fingerprint density at radius 3 is 2.14 bits per heavy atom. The van der Waals surface area contributed by atoms with Crippen LogP contribution >= 0.6 is 0 Å². The molecule has 0 saturated heterocycles. The Morgan fingerprint density at radius 2 is 1.57 bits per heavy atom. The number of esters is 1. The van der Waals surface area contributed by atoms with Crippen molar-refractivity contribution in [1.29, 1.82) is 0 Å². The summed E-state index contributed by atoms with van der Waals surface area (Å²) in [5.74, 6) is -1.52. The number of carboxylic acids is 1. The number of hydrogen-bond acceptors (Lipinski definition) is 4. The monoisotopic (exact) mass is 290 g/mol. The van der Waals surface area contributed by atoms with Gasteiger partial charge in [-0.25, -0.2) is 9.59 Å². The third-order valence-corrected chi connectivity index (χ3v) is 3.64. The van der Waals surface area contributed by atoms with Gasteiger partial charge in [-0.05, 0) is 61.1 Å². The van der Waals surface area contributed by atoms with E-state index in [4.69, 9.17) is 9.84 Å². The van der Waals surface area contributed by atoms with E-state index in [1.807, 2.05) is 0 Å². The zero-order chi connectivity index (χ0) is 15.2. The number of carboxylic acid groups (broad SMARTS) is 1. The van der Waals surface area contributed by atoms with Crippen LogP contribution in [0.1, 0.15) is 46.4 Å². The maximum atomic E-state index is 11.9. The first-order valence-corrected chi connectivity index (χ1v) is 6.93. The van der Waals surface area contributed by atoms with Crippen LogP contribution in [0.15, 0.2) is 35.4 Å². The zero-order valence-electron chi connectivity index (χ0n) is 11.7. The molecule has 2 rings (SSSR count). The molecule has 21 heavy (non-hydrogen) atoms. The Bertz CT molecular complexity index is 557. The smallest absolute Gasteiger partial charge is 0.338 e. The van der Waals surface area contributed by atoms with Crippen molar-refractivity contribution >= 4 is 11.9 Å². The molecule has 0 saturated carbocycles. The minimum absolute atomic E-state index is 0.0141. The summed E-state index contributed by atoms with van der Waals surface area (Å²) in [5.41, 5.74) is 2.42. The molecule has 112 valence electrons. The minimum atomic E-state index is -1.03. The molecule has 0 heterocycles. The second kappa shape index (κ2) is 7.04. The van der Waals surface area contributed by atoms with Gasteiger partial charge in [0, 0.05) is 0 Å². The van der Waals surface area contributed by atoms with Gasteiger partial charge in [-0.2, -0.15) is 0 Å². The first-order chi connectivity index (χ1) is 10.1. The van der Waals surface area contributed by atoms with Crippen LogP contribution in [-0.2, 0) is 4.74 Å². The topological polar surface area (TPSA) is 83.8 Å². The van der Waals surface area contributed by atoms with E-state index in [9.17, 15) is 14.7 Å². The highest BCUT2D eigenvalue weighted by atomic mass is 16.5. The van der Waals surface area contributed by atoms with E-state index >= 15 is 0 Å². The summed E-state index contributed by atoms with van der Waals surface area (Å²) in [5, 5.41) is 18.1. The highest BCUT2D eigenvalue weighted by Gasteiger charge is 2.15. The largest absolute Gasteiger partial charge is 0.478 e. The summed E-state index contributed by atoms with van der Waals surface area (Å²) in [6.45, 7) is 0.204. The Hall–Kier alpha value is -2.14. The number of rotatable bonds is 5. The number of ether oxygens (including phenoxy) is 1. The Labute approximate surface area is 122 Å². The molecule has 0 aromatic heterocycles. The molecule has 0 radical (unpaired) electrons. The highest BCUT2D eigenvalue weighted by Crippen LogP contribution is 2.24. The molecule has 0 fully saturated rings. The predicted molar refractivity (Wildman–Crippen MR) is 76.3 cm³/mol. The maximum Gasteiger partial charge on any atom is 0.338 e. The number of aromatic carboxylic acids is 1. The number of aliphatic hydroxyl groups excluding tert-OH is 1. The van der Waals surface area contributed by atoms with Crippen molar-refractivity contribution in [2.75, 3.05) is 13.2 Å². The SMILES string of the molecule is O=C(O)c1ccc(C(=O)OCC2=C(CO)CCCC2)cc1. The van der Waals surface area contributed by atoms with Crippen LogP contribution in [0, 0.1) is 0 Å². The summed E-state index contributed by atoms with van der Waals surface area (Å²) in [6.07, 6.45) is 3.81. The average Bonchev–Trinajstić information content (AvgIpc) is 2.52. The molecule has 1 aliphatic carbocycles. The van der Waals surface area contributed by atoms with Gasteiger partial charge in [-0.15, -0.1) is 0 Å². The number of carbonyl (C=O) groups is 2. The van der Waals surface area contributed by atoms with E-state index in [1.54, 1.807) is 0 Å². The van der Waals surface area contributed by atoms with Crippen LogP contribution in [0.4, 0.5) is 0 Å². The van der Waals surface area contributed by atoms with Crippen molar-refractivity contribution in [3.63, 3.8) is 0 Å². The Morgan fingerprint density at radius 1 is 1.00 bits per heavy atom. The van der Waals surface area contributed by atoms with Gasteiger partial charge >= 0.3 is 11.9 Å². The van der Waals surface area contributed by atoms with Gasteiger partial charge in [0.05, 0.1) is 17.7 Å². The molecule has 5 heteroatoms. The van der Waals surface area contributed by atoms with E-state index in [-0.39, 0.29) is 18.8 Å². The Kier molecular flexibility index (Phi) is 5.11. The van der Waals surface area contributed by atoms with Crippen LogP contribution in [0.3, 0.4) is 0 Å². The molecule has 1 aliphatic rings. The summed E-state index contributed by atoms with van der Waals surface area (Å²) in [7, 11) is 0. The highest BCUT2D eigenvalue weighted by molar-refractivity contribution is 5.92.